The van der Waals surface area contributed by atoms with Crippen molar-refractivity contribution in [1.82, 2.24) is 19.5 Å². The third-order valence-electron chi connectivity index (χ3n) is 6.97. The minimum Gasteiger partial charge on any atom is -0.352 e. The summed E-state index contributed by atoms with van der Waals surface area (Å²) in [5.41, 5.74) is -0.739. The molecule has 2 saturated heterocycles. The Bertz CT molecular complexity index is 1160. The Kier molecular flexibility index (Phi) is 7.25. The molecule has 0 unspecified atom stereocenters. The fourth-order valence-electron chi connectivity index (χ4n) is 5.02. The van der Waals surface area contributed by atoms with Crippen molar-refractivity contribution in [3.05, 3.63) is 35.2 Å². The summed E-state index contributed by atoms with van der Waals surface area (Å²) in [6.07, 6.45) is 7.04. The molecule has 4 heterocycles. The maximum absolute atomic E-state index is 12.0. The second-order valence-corrected chi connectivity index (χ2v) is 15.8. The van der Waals surface area contributed by atoms with Gasteiger partial charge in [0.2, 0.25) is 5.69 Å². The van der Waals surface area contributed by atoms with Gasteiger partial charge in [-0.15, -0.1) is 0 Å². The maximum Gasteiger partial charge on any atom is 0.278 e. The van der Waals surface area contributed by atoms with Gasteiger partial charge in [0.05, 0.1) is 31.0 Å². The molecule has 8 nitrogen and oxygen atoms in total. The molecule has 12 heteroatoms. The molecule has 5 rings (SSSR count). The molecule has 0 bridgehead atoms. The monoisotopic (exact) mass is 530 g/mol. The van der Waals surface area contributed by atoms with Crippen LogP contribution in [0, 0.1) is 5.92 Å². The van der Waals surface area contributed by atoms with Gasteiger partial charge in [0.15, 0.2) is 11.2 Å². The van der Waals surface area contributed by atoms with E-state index in [9.17, 15) is 4.79 Å². The molecule has 33 heavy (non-hydrogen) atoms. The molecule has 1 N–H and O–H groups in total. The molecule has 1 aliphatic carbocycles. The average molecular weight is 531 g/mol. The zero-order chi connectivity index (χ0) is 22.7. The molecular formula is C21H31N4O4PS3. The van der Waals surface area contributed by atoms with Crippen LogP contribution in [-0.4, -0.2) is 42.6 Å². The number of imidazole rings is 1. The third-order valence-corrected chi connectivity index (χ3v) is 12.7. The third kappa shape index (κ3) is 4.62. The summed E-state index contributed by atoms with van der Waals surface area (Å²) in [5, 5.41) is 0. The zero-order valence-electron chi connectivity index (χ0n) is 19.0. The van der Waals surface area contributed by atoms with E-state index < -0.39 is 5.69 Å². The number of rotatable bonds is 5. The van der Waals surface area contributed by atoms with Crippen molar-refractivity contribution in [2.75, 3.05) is 0 Å². The summed E-state index contributed by atoms with van der Waals surface area (Å²) in [6, 6.07) is 0. The number of H-pyrrole nitrogens is 1. The number of aromatic nitrogens is 4. The Morgan fingerprint density at radius 2 is 2.27 bits per heavy atom. The van der Waals surface area contributed by atoms with Gasteiger partial charge >= 0.3 is 0 Å². The highest BCUT2D eigenvalue weighted by Crippen LogP contribution is 2.76. The van der Waals surface area contributed by atoms with Crippen LogP contribution in [0.25, 0.3) is 11.2 Å². The van der Waals surface area contributed by atoms with E-state index in [0.717, 1.165) is 25.7 Å². The number of nitrogens with zero attached hydrogens (tertiary/aromatic N) is 3. The van der Waals surface area contributed by atoms with Crippen LogP contribution >= 0.6 is 30.6 Å². The molecule has 0 aromatic carbocycles. The molecule has 0 radical (unpaired) electrons. The lowest BCUT2D eigenvalue weighted by molar-refractivity contribution is -0.0151. The predicted octanol–water partition coefficient (Wildman–Crippen LogP) is 4.81. The number of ether oxygens (including phenoxy) is 1. The number of fused-ring (bicyclic) bond motifs is 2. The lowest BCUT2D eigenvalue weighted by Gasteiger charge is -2.37. The van der Waals surface area contributed by atoms with Crippen LogP contribution in [0.2, 0.25) is 0 Å². The Hall–Kier alpha value is -0.680. The van der Waals surface area contributed by atoms with Gasteiger partial charge in [0.1, 0.15) is 6.23 Å². The minimum atomic E-state index is -2.51. The standard InChI is InChI=1S/C21H29N4O4PS2.H2S/c1-5-14-15(9-17(27-14)25-11-24-18-19(25)22-10-23-20(18)26)28-30(31)29-16-8-13(12(2)3)6-7-21(16,4)32-30;/h10-11,13-17H,2,5-9H2,1,3-4H3,(H,22,23,26);1H2/t13-,14-,15+,16+,17-,21+,30+;/m1./s1. The summed E-state index contributed by atoms with van der Waals surface area (Å²) >= 11 is 7.74. The first-order chi connectivity index (χ1) is 15.2. The van der Waals surface area contributed by atoms with Gasteiger partial charge in [-0.1, -0.05) is 30.5 Å². The quantitative estimate of drug-likeness (QED) is 0.435. The number of nitrogens with one attached hydrogen (secondary N) is 1. The lowest BCUT2D eigenvalue weighted by Crippen LogP contribution is -2.39. The summed E-state index contributed by atoms with van der Waals surface area (Å²) in [7, 11) is 0. The van der Waals surface area contributed by atoms with Crippen LogP contribution in [0.5, 0.6) is 0 Å². The molecule has 0 spiro atoms. The largest absolute Gasteiger partial charge is 0.352 e. The van der Waals surface area contributed by atoms with Crippen molar-refractivity contribution in [3.8, 4) is 0 Å². The number of hydrogen-bond donors (Lipinski definition) is 1. The molecule has 182 valence electrons. The molecule has 2 aromatic rings. The predicted molar refractivity (Wildman–Crippen MR) is 140 cm³/mol. The van der Waals surface area contributed by atoms with Crippen LogP contribution in [0.3, 0.4) is 0 Å². The van der Waals surface area contributed by atoms with E-state index in [2.05, 4.69) is 42.3 Å². The molecular weight excluding hydrogens is 499 g/mol. The fraction of sp³-hybridized carbons (Fsp3) is 0.667. The Labute approximate surface area is 209 Å². The van der Waals surface area contributed by atoms with Crippen molar-refractivity contribution in [2.45, 2.75) is 82.2 Å². The van der Waals surface area contributed by atoms with Crippen LogP contribution < -0.4 is 5.56 Å². The van der Waals surface area contributed by atoms with Crippen molar-refractivity contribution in [2.24, 2.45) is 5.92 Å². The Morgan fingerprint density at radius 1 is 1.48 bits per heavy atom. The first-order valence-corrected chi connectivity index (χ1v) is 15.2. The second-order valence-electron chi connectivity index (χ2n) is 9.24. The topological polar surface area (TPSA) is 91.3 Å². The van der Waals surface area contributed by atoms with Crippen LogP contribution in [0.1, 0.15) is 59.1 Å². The lowest BCUT2D eigenvalue weighted by atomic mass is 9.77. The van der Waals surface area contributed by atoms with Gasteiger partial charge in [-0.05, 0) is 57.3 Å². The van der Waals surface area contributed by atoms with E-state index in [1.54, 1.807) is 17.7 Å². The van der Waals surface area contributed by atoms with E-state index in [0.29, 0.717) is 23.5 Å². The minimum absolute atomic E-state index is 0. The summed E-state index contributed by atoms with van der Waals surface area (Å²) in [4.78, 5) is 23.1. The zero-order valence-corrected chi connectivity index (χ0v) is 22.5. The van der Waals surface area contributed by atoms with Crippen LogP contribution in [0.4, 0.5) is 0 Å². The van der Waals surface area contributed by atoms with Gasteiger partial charge in [-0.3, -0.25) is 9.36 Å². The molecule has 3 aliphatic rings. The highest BCUT2D eigenvalue weighted by molar-refractivity contribution is 8.68. The summed E-state index contributed by atoms with van der Waals surface area (Å²) in [5.74, 6) is 0.489. The number of allylic oxidation sites excluding steroid dienone is 1. The second kappa shape index (κ2) is 9.41. The Morgan fingerprint density at radius 3 is 3.00 bits per heavy atom. The molecule has 7 atom stereocenters. The van der Waals surface area contributed by atoms with Crippen molar-refractivity contribution in [1.29, 1.82) is 0 Å². The van der Waals surface area contributed by atoms with Crippen molar-refractivity contribution >= 4 is 53.5 Å². The SMILES string of the molecule is C=C(C)[C@@H]1CC[C@]2(C)S[P@@](=S)(O[C@H]3C[C@H](n4cnc5c(=O)[nH]cnc54)O[C@@H]3CC)O[C@H]2C1.S. The highest BCUT2D eigenvalue weighted by atomic mass is 32.9. The van der Waals surface area contributed by atoms with Crippen LogP contribution in [-0.2, 0) is 25.6 Å². The smallest absolute Gasteiger partial charge is 0.278 e. The molecule has 2 aliphatic heterocycles. The van der Waals surface area contributed by atoms with Gasteiger partial charge in [-0.2, -0.15) is 13.5 Å². The molecule has 3 fully saturated rings. The number of aromatic amines is 1. The molecule has 2 aromatic heterocycles. The van der Waals surface area contributed by atoms with E-state index in [-0.39, 0.29) is 48.3 Å². The number of hydrogen-bond acceptors (Lipinski definition) is 8. The van der Waals surface area contributed by atoms with Gasteiger partial charge in [0, 0.05) is 11.2 Å². The fourth-order valence-corrected chi connectivity index (χ4v) is 12.6. The van der Waals surface area contributed by atoms with Gasteiger partial charge in [-0.25, -0.2) is 9.97 Å². The van der Waals surface area contributed by atoms with Crippen molar-refractivity contribution in [3.63, 3.8) is 0 Å². The van der Waals surface area contributed by atoms with Crippen LogP contribution in [0.15, 0.2) is 29.6 Å². The van der Waals surface area contributed by atoms with Gasteiger partial charge < -0.3 is 18.8 Å². The van der Waals surface area contributed by atoms with E-state index in [1.807, 2.05) is 4.57 Å². The molecule has 1 saturated carbocycles. The highest BCUT2D eigenvalue weighted by Gasteiger charge is 2.54. The van der Waals surface area contributed by atoms with Crippen molar-refractivity contribution < 1.29 is 13.8 Å². The van der Waals surface area contributed by atoms with Gasteiger partial charge in [0.25, 0.3) is 5.56 Å². The first kappa shape index (κ1) is 25.4. The van der Waals surface area contributed by atoms with E-state index in [1.165, 1.54) is 11.9 Å². The maximum atomic E-state index is 12.0. The normalized spacial score (nSPS) is 38.2. The first-order valence-electron chi connectivity index (χ1n) is 11.1. The average Bonchev–Trinajstić information content (AvgIpc) is 3.40. The summed E-state index contributed by atoms with van der Waals surface area (Å²) in [6.45, 7) is 10.6. The summed E-state index contributed by atoms with van der Waals surface area (Å²) < 4.78 is 21.2. The molecule has 0 amide bonds. The Balaban J connectivity index is 0.00000259. The van der Waals surface area contributed by atoms with E-state index >= 15 is 0 Å². The van der Waals surface area contributed by atoms with E-state index in [4.69, 9.17) is 25.6 Å².